The Labute approximate surface area is 79.8 Å². The molecule has 1 aliphatic heterocycles. The topological polar surface area (TPSA) is 9.23 Å². The van der Waals surface area contributed by atoms with E-state index in [1.807, 2.05) is 0 Å². The van der Waals surface area contributed by atoms with Gasteiger partial charge >= 0.3 is 0 Å². The summed E-state index contributed by atoms with van der Waals surface area (Å²) in [6.45, 7) is 6.55. The summed E-state index contributed by atoms with van der Waals surface area (Å²) in [7, 11) is 0. The molecule has 1 aliphatic carbocycles. The smallest absolute Gasteiger partial charge is 0.126 e. The average Bonchev–Trinajstić information content (AvgIpc) is 2.45. The molecule has 2 aliphatic rings. The first kappa shape index (κ1) is 8.61. The van der Waals surface area contributed by atoms with Crippen molar-refractivity contribution >= 4 is 0 Å². The Morgan fingerprint density at radius 1 is 1.15 bits per heavy atom. The molecule has 0 amide bonds. The van der Waals surface area contributed by atoms with E-state index in [0.717, 1.165) is 5.76 Å². The summed E-state index contributed by atoms with van der Waals surface area (Å²) in [5.41, 5.74) is 0.138. The van der Waals surface area contributed by atoms with E-state index in [1.165, 1.54) is 0 Å². The lowest BCUT2D eigenvalue weighted by atomic mass is 9.92. The van der Waals surface area contributed by atoms with Crippen molar-refractivity contribution in [2.24, 2.45) is 11.3 Å². The van der Waals surface area contributed by atoms with Gasteiger partial charge in [0.2, 0.25) is 0 Å². The van der Waals surface area contributed by atoms with Crippen molar-refractivity contribution in [3.8, 4) is 0 Å². The van der Waals surface area contributed by atoms with Gasteiger partial charge < -0.3 is 4.74 Å². The molecule has 0 saturated carbocycles. The highest BCUT2D eigenvalue weighted by Gasteiger charge is 2.31. The van der Waals surface area contributed by atoms with Crippen molar-refractivity contribution < 1.29 is 4.74 Å². The summed E-state index contributed by atoms with van der Waals surface area (Å²) in [5, 5.41) is 0. The maximum absolute atomic E-state index is 5.85. The van der Waals surface area contributed by atoms with Crippen molar-refractivity contribution in [3.63, 3.8) is 0 Å². The molecule has 0 aromatic heterocycles. The third-order valence-corrected chi connectivity index (χ3v) is 2.47. The van der Waals surface area contributed by atoms with Crippen LogP contribution in [0.2, 0.25) is 0 Å². The fourth-order valence-electron chi connectivity index (χ4n) is 1.66. The van der Waals surface area contributed by atoms with Crippen LogP contribution >= 0.6 is 0 Å². The predicted molar refractivity (Wildman–Crippen MR) is 54.2 cm³/mol. The molecule has 0 aromatic carbocycles. The zero-order valence-electron chi connectivity index (χ0n) is 8.45. The van der Waals surface area contributed by atoms with Crippen LogP contribution in [0.25, 0.3) is 0 Å². The van der Waals surface area contributed by atoms with E-state index < -0.39 is 0 Å². The van der Waals surface area contributed by atoms with E-state index in [2.05, 4.69) is 51.2 Å². The average molecular weight is 176 g/mol. The van der Waals surface area contributed by atoms with Crippen LogP contribution in [-0.2, 0) is 4.74 Å². The van der Waals surface area contributed by atoms with Crippen LogP contribution < -0.4 is 0 Å². The van der Waals surface area contributed by atoms with E-state index in [9.17, 15) is 0 Å². The van der Waals surface area contributed by atoms with Crippen molar-refractivity contribution in [1.82, 2.24) is 0 Å². The van der Waals surface area contributed by atoms with Gasteiger partial charge in [0, 0.05) is 11.3 Å². The lowest BCUT2D eigenvalue weighted by Gasteiger charge is -2.22. The van der Waals surface area contributed by atoms with E-state index in [-0.39, 0.29) is 11.5 Å². The molecule has 1 heteroatoms. The molecule has 0 saturated heterocycles. The third kappa shape index (κ3) is 1.55. The Hall–Kier alpha value is -0.980. The van der Waals surface area contributed by atoms with Crippen LogP contribution in [0.5, 0.6) is 0 Å². The van der Waals surface area contributed by atoms with Crippen LogP contribution in [0, 0.1) is 11.3 Å². The SMILES string of the molecule is CC(C)(C)C1=CC2C=CC=CC2O1. The zero-order chi connectivity index (χ0) is 9.47. The molecule has 1 nitrogen and oxygen atoms in total. The van der Waals surface area contributed by atoms with Crippen molar-refractivity contribution in [3.05, 3.63) is 36.1 Å². The molecule has 2 rings (SSSR count). The minimum absolute atomic E-state index is 0.138. The van der Waals surface area contributed by atoms with Crippen LogP contribution in [0.1, 0.15) is 20.8 Å². The van der Waals surface area contributed by atoms with Gasteiger partial charge in [-0.25, -0.2) is 0 Å². The summed E-state index contributed by atoms with van der Waals surface area (Å²) in [5.74, 6) is 1.58. The molecule has 0 fully saturated rings. The minimum Gasteiger partial charge on any atom is -0.490 e. The van der Waals surface area contributed by atoms with Gasteiger partial charge in [-0.3, -0.25) is 0 Å². The first-order chi connectivity index (χ1) is 6.07. The first-order valence-corrected chi connectivity index (χ1v) is 4.81. The van der Waals surface area contributed by atoms with Crippen molar-refractivity contribution in [1.29, 1.82) is 0 Å². The Morgan fingerprint density at radius 2 is 1.85 bits per heavy atom. The highest BCUT2D eigenvalue weighted by molar-refractivity contribution is 5.26. The van der Waals surface area contributed by atoms with Crippen LogP contribution in [0.4, 0.5) is 0 Å². The molecule has 70 valence electrons. The number of allylic oxidation sites excluding steroid dienone is 3. The lowest BCUT2D eigenvalue weighted by molar-refractivity contribution is 0.121. The molecule has 2 unspecified atom stereocenters. The fraction of sp³-hybridized carbons (Fsp3) is 0.500. The molecule has 0 spiro atoms. The van der Waals surface area contributed by atoms with Gasteiger partial charge in [0.25, 0.3) is 0 Å². The monoisotopic (exact) mass is 176 g/mol. The van der Waals surface area contributed by atoms with Gasteiger partial charge in [-0.2, -0.15) is 0 Å². The van der Waals surface area contributed by atoms with E-state index in [1.54, 1.807) is 0 Å². The largest absolute Gasteiger partial charge is 0.490 e. The highest BCUT2D eigenvalue weighted by atomic mass is 16.5. The fourth-order valence-corrected chi connectivity index (χ4v) is 1.66. The van der Waals surface area contributed by atoms with Gasteiger partial charge in [0.05, 0.1) is 5.76 Å². The summed E-state index contributed by atoms with van der Waals surface area (Å²) in [4.78, 5) is 0. The molecule has 0 N–H and O–H groups in total. The van der Waals surface area contributed by atoms with Crippen molar-refractivity contribution in [2.75, 3.05) is 0 Å². The third-order valence-electron chi connectivity index (χ3n) is 2.47. The Bertz CT molecular complexity index is 289. The summed E-state index contributed by atoms with van der Waals surface area (Å²) in [6.07, 6.45) is 11.0. The van der Waals surface area contributed by atoms with Crippen LogP contribution in [0.15, 0.2) is 36.1 Å². The minimum atomic E-state index is 0.138. The zero-order valence-corrected chi connectivity index (χ0v) is 8.45. The molecule has 2 atom stereocenters. The number of hydrogen-bond donors (Lipinski definition) is 0. The molecule has 0 aromatic rings. The molecule has 1 heterocycles. The van der Waals surface area contributed by atoms with E-state index in [4.69, 9.17) is 4.74 Å². The van der Waals surface area contributed by atoms with Gasteiger partial charge in [0.15, 0.2) is 0 Å². The number of rotatable bonds is 0. The molecule has 13 heavy (non-hydrogen) atoms. The first-order valence-electron chi connectivity index (χ1n) is 4.81. The van der Waals surface area contributed by atoms with Crippen molar-refractivity contribution in [2.45, 2.75) is 26.9 Å². The van der Waals surface area contributed by atoms with Gasteiger partial charge in [0.1, 0.15) is 6.10 Å². The maximum atomic E-state index is 5.85. The molecular weight excluding hydrogens is 160 g/mol. The number of hydrogen-bond acceptors (Lipinski definition) is 1. The Morgan fingerprint density at radius 3 is 2.46 bits per heavy atom. The van der Waals surface area contributed by atoms with Gasteiger partial charge in [-0.05, 0) is 12.2 Å². The lowest BCUT2D eigenvalue weighted by Crippen LogP contribution is -2.16. The Balaban J connectivity index is 2.20. The second kappa shape index (κ2) is 2.76. The second-order valence-electron chi connectivity index (χ2n) is 4.71. The van der Waals surface area contributed by atoms with Gasteiger partial charge in [-0.15, -0.1) is 0 Å². The predicted octanol–water partition coefficient (Wildman–Crippen LogP) is 3.06. The summed E-state index contributed by atoms with van der Waals surface area (Å²) >= 11 is 0. The number of fused-ring (bicyclic) bond motifs is 1. The van der Waals surface area contributed by atoms with Crippen LogP contribution in [0.3, 0.4) is 0 Å². The molecule has 0 radical (unpaired) electrons. The molecular formula is C12H16O. The maximum Gasteiger partial charge on any atom is 0.126 e. The highest BCUT2D eigenvalue weighted by Crippen LogP contribution is 2.37. The second-order valence-corrected chi connectivity index (χ2v) is 4.71. The van der Waals surface area contributed by atoms with E-state index in [0.29, 0.717) is 5.92 Å². The summed E-state index contributed by atoms with van der Waals surface area (Å²) in [6, 6.07) is 0. The quantitative estimate of drug-likeness (QED) is 0.551. The molecule has 0 bridgehead atoms. The van der Waals surface area contributed by atoms with E-state index >= 15 is 0 Å². The van der Waals surface area contributed by atoms with Gasteiger partial charge in [-0.1, -0.05) is 39.0 Å². The standard InChI is InChI=1S/C12H16O/c1-12(2,3)11-8-9-6-4-5-7-10(9)13-11/h4-10H,1-3H3. The normalized spacial score (nSPS) is 31.2. The summed E-state index contributed by atoms with van der Waals surface area (Å²) < 4.78 is 5.85. The number of ether oxygens (including phenoxy) is 1. The Kier molecular flexibility index (Phi) is 1.83. The van der Waals surface area contributed by atoms with Crippen LogP contribution in [-0.4, -0.2) is 6.10 Å².